The number of benzene rings is 1. The smallest absolute Gasteiger partial charge is 0.227 e. The van der Waals surface area contributed by atoms with Crippen LogP contribution < -0.4 is 25.1 Å². The van der Waals surface area contributed by atoms with Gasteiger partial charge in [0, 0.05) is 17.7 Å². The van der Waals surface area contributed by atoms with Crippen molar-refractivity contribution in [3.05, 3.63) is 73.3 Å². The van der Waals surface area contributed by atoms with E-state index in [2.05, 4.69) is 0 Å². The molecule has 0 fully saturated rings. The lowest BCUT2D eigenvalue weighted by Gasteiger charge is -2.22. The third kappa shape index (κ3) is 4.23. The van der Waals surface area contributed by atoms with Gasteiger partial charge in [-0.1, -0.05) is 6.07 Å². The monoisotopic (exact) mass is 462 g/mol. The molecule has 33 heavy (non-hydrogen) atoms. The molecule has 2 aromatic heterocycles. The molecule has 3 rings (SSSR count). The number of aliphatic hydroxyl groups is 2. The normalized spacial score (nSPS) is 11.0. The van der Waals surface area contributed by atoms with Crippen LogP contribution in [0.5, 0.6) is 28.7 Å². The third-order valence-corrected chi connectivity index (χ3v) is 4.88. The highest BCUT2D eigenvalue weighted by Gasteiger charge is 2.35. The molecule has 0 radical (unpaired) electrons. The number of methoxy groups -OCH3 is 3. The lowest BCUT2D eigenvalue weighted by molar-refractivity contribution is 0.224. The zero-order valence-electron chi connectivity index (χ0n) is 17.9. The van der Waals surface area contributed by atoms with Crippen LogP contribution >= 0.6 is 0 Å². The van der Waals surface area contributed by atoms with E-state index in [0.29, 0.717) is 0 Å². The highest BCUT2D eigenvalue weighted by atomic mass is 16.5. The van der Waals surface area contributed by atoms with Gasteiger partial charge in [0.05, 0.1) is 21.3 Å². The summed E-state index contributed by atoms with van der Waals surface area (Å²) in [6, 6.07) is 4.73. The van der Waals surface area contributed by atoms with E-state index in [1.54, 1.807) is 0 Å². The minimum atomic E-state index is -1.45. The van der Waals surface area contributed by atoms with Gasteiger partial charge in [-0.15, -0.1) is 0 Å². The standard InChI is InChI=1S/C22H22O11/c1-29-15-5-4-12(19(30-2)20(15)31-3)16(21-17(27)13(25)6-10(8-23)32-21)22-18(28)14(26)7-11(9-24)33-22/h4-7,16,23-24,27-28H,8-9H2,1-3H3. The van der Waals surface area contributed by atoms with Crippen molar-refractivity contribution in [3.8, 4) is 28.7 Å². The average molecular weight is 462 g/mol. The summed E-state index contributed by atoms with van der Waals surface area (Å²) in [4.78, 5) is 24.7. The fraction of sp³-hybridized carbons (Fsp3) is 0.273. The minimum absolute atomic E-state index is 0.0507. The molecule has 0 spiro atoms. The van der Waals surface area contributed by atoms with E-state index < -0.39 is 53.0 Å². The Labute approximate surface area is 186 Å². The lowest BCUT2D eigenvalue weighted by atomic mass is 9.90. The van der Waals surface area contributed by atoms with E-state index in [1.807, 2.05) is 0 Å². The van der Waals surface area contributed by atoms with E-state index in [-0.39, 0.29) is 34.3 Å². The first-order chi connectivity index (χ1) is 15.8. The summed E-state index contributed by atoms with van der Waals surface area (Å²) in [6.07, 6.45) is 0. The molecule has 2 heterocycles. The number of aromatic hydroxyl groups is 2. The van der Waals surface area contributed by atoms with Crippen LogP contribution in [0.3, 0.4) is 0 Å². The SMILES string of the molecule is COc1ccc(C(c2oc(CO)cc(=O)c2O)c2oc(CO)cc(=O)c2O)c(OC)c1OC. The first-order valence-corrected chi connectivity index (χ1v) is 9.53. The maximum absolute atomic E-state index is 12.3. The number of hydrogen-bond donors (Lipinski definition) is 4. The van der Waals surface area contributed by atoms with E-state index in [0.717, 1.165) is 12.1 Å². The van der Waals surface area contributed by atoms with Crippen molar-refractivity contribution in [2.45, 2.75) is 19.1 Å². The molecule has 3 aromatic rings. The second kappa shape index (κ2) is 9.67. The first kappa shape index (κ1) is 23.7. The van der Waals surface area contributed by atoms with Gasteiger partial charge in [0.15, 0.2) is 23.0 Å². The molecule has 0 amide bonds. The molecule has 0 aliphatic rings. The lowest BCUT2D eigenvalue weighted by Crippen LogP contribution is -2.15. The van der Waals surface area contributed by atoms with Crippen LogP contribution in [-0.2, 0) is 13.2 Å². The third-order valence-electron chi connectivity index (χ3n) is 4.88. The summed E-state index contributed by atoms with van der Waals surface area (Å²) in [7, 11) is 4.07. The molecule has 1 aromatic carbocycles. The van der Waals surface area contributed by atoms with Crippen LogP contribution in [0, 0.1) is 0 Å². The van der Waals surface area contributed by atoms with Crippen LogP contribution in [0.25, 0.3) is 0 Å². The summed E-state index contributed by atoms with van der Waals surface area (Å²) in [5, 5.41) is 40.1. The molecule has 11 heteroatoms. The molecule has 0 saturated heterocycles. The molecule has 4 N–H and O–H groups in total. The number of rotatable bonds is 8. The number of hydrogen-bond acceptors (Lipinski definition) is 11. The largest absolute Gasteiger partial charge is 0.502 e. The van der Waals surface area contributed by atoms with E-state index in [9.17, 15) is 30.0 Å². The van der Waals surface area contributed by atoms with Gasteiger partial charge in [0.2, 0.25) is 28.1 Å². The number of aliphatic hydroxyl groups excluding tert-OH is 2. The van der Waals surface area contributed by atoms with Gasteiger partial charge in [-0.25, -0.2) is 0 Å². The van der Waals surface area contributed by atoms with Crippen molar-refractivity contribution in [2.24, 2.45) is 0 Å². The maximum atomic E-state index is 12.3. The maximum Gasteiger partial charge on any atom is 0.227 e. The van der Waals surface area contributed by atoms with Crippen LogP contribution in [-0.4, -0.2) is 41.8 Å². The Bertz CT molecular complexity index is 1210. The van der Waals surface area contributed by atoms with Gasteiger partial charge in [-0.2, -0.15) is 0 Å². The number of ether oxygens (including phenoxy) is 3. The summed E-state index contributed by atoms with van der Waals surface area (Å²) >= 11 is 0. The highest BCUT2D eigenvalue weighted by molar-refractivity contribution is 5.60. The zero-order chi connectivity index (χ0) is 24.3. The predicted molar refractivity (Wildman–Crippen MR) is 112 cm³/mol. The topological polar surface area (TPSA) is 169 Å². The fourth-order valence-corrected chi connectivity index (χ4v) is 3.41. The van der Waals surface area contributed by atoms with E-state index in [1.165, 1.54) is 33.5 Å². The first-order valence-electron chi connectivity index (χ1n) is 9.53. The van der Waals surface area contributed by atoms with Gasteiger partial charge >= 0.3 is 0 Å². The summed E-state index contributed by atoms with van der Waals surface area (Å²) in [5.41, 5.74) is -1.63. The molecule has 0 atom stereocenters. The van der Waals surface area contributed by atoms with Gasteiger partial charge < -0.3 is 43.5 Å². The van der Waals surface area contributed by atoms with Crippen LogP contribution in [0.4, 0.5) is 0 Å². The molecule has 0 saturated carbocycles. The predicted octanol–water partition coefficient (Wildman–Crippen LogP) is 1.19. The molecule has 11 nitrogen and oxygen atoms in total. The molecule has 0 aliphatic carbocycles. The molecule has 0 bridgehead atoms. The van der Waals surface area contributed by atoms with Crippen molar-refractivity contribution in [1.29, 1.82) is 0 Å². The quantitative estimate of drug-likeness (QED) is 0.379. The van der Waals surface area contributed by atoms with Crippen molar-refractivity contribution >= 4 is 0 Å². The second-order valence-corrected chi connectivity index (χ2v) is 6.75. The summed E-state index contributed by atoms with van der Waals surface area (Å²) < 4.78 is 27.2. The second-order valence-electron chi connectivity index (χ2n) is 6.75. The Hall–Kier alpha value is -3.96. The summed E-state index contributed by atoms with van der Waals surface area (Å²) in [6.45, 7) is -1.35. The Morgan fingerprint density at radius 3 is 1.67 bits per heavy atom. The van der Waals surface area contributed by atoms with E-state index in [4.69, 9.17) is 23.0 Å². The van der Waals surface area contributed by atoms with Crippen molar-refractivity contribution in [1.82, 2.24) is 0 Å². The van der Waals surface area contributed by atoms with Gasteiger partial charge in [-0.05, 0) is 6.07 Å². The van der Waals surface area contributed by atoms with Crippen molar-refractivity contribution in [2.75, 3.05) is 21.3 Å². The summed E-state index contributed by atoms with van der Waals surface area (Å²) in [5.74, 6) is -4.00. The Morgan fingerprint density at radius 2 is 1.27 bits per heavy atom. The van der Waals surface area contributed by atoms with Gasteiger partial charge in [-0.3, -0.25) is 9.59 Å². The Kier molecular flexibility index (Phi) is 6.95. The van der Waals surface area contributed by atoms with Crippen LogP contribution in [0.1, 0.15) is 34.5 Å². The molecule has 0 aliphatic heterocycles. The van der Waals surface area contributed by atoms with Crippen molar-refractivity contribution in [3.63, 3.8) is 0 Å². The molecule has 176 valence electrons. The van der Waals surface area contributed by atoms with E-state index >= 15 is 0 Å². The van der Waals surface area contributed by atoms with Crippen molar-refractivity contribution < 1.29 is 43.5 Å². The van der Waals surface area contributed by atoms with Crippen LogP contribution in [0.2, 0.25) is 0 Å². The Balaban J connectivity index is 2.49. The molecular formula is C22H22O11. The molecule has 0 unspecified atom stereocenters. The van der Waals surface area contributed by atoms with Gasteiger partial charge in [0.25, 0.3) is 0 Å². The average Bonchev–Trinajstić information content (AvgIpc) is 2.83. The minimum Gasteiger partial charge on any atom is -0.502 e. The molecular weight excluding hydrogens is 440 g/mol. The van der Waals surface area contributed by atoms with Gasteiger partial charge in [0.1, 0.15) is 30.7 Å². The Morgan fingerprint density at radius 1 is 0.788 bits per heavy atom. The highest BCUT2D eigenvalue weighted by Crippen LogP contribution is 2.48. The fourth-order valence-electron chi connectivity index (χ4n) is 3.41. The zero-order valence-corrected chi connectivity index (χ0v) is 17.9. The van der Waals surface area contributed by atoms with Crippen LogP contribution in [0.15, 0.2) is 42.7 Å².